The predicted molar refractivity (Wildman–Crippen MR) is 96.6 cm³/mol. The van der Waals surface area contributed by atoms with Gasteiger partial charge in [0.2, 0.25) is 0 Å². The molecule has 0 spiro atoms. The zero-order valence-electron chi connectivity index (χ0n) is 13.0. The lowest BCUT2D eigenvalue weighted by Crippen LogP contribution is -2.42. The van der Waals surface area contributed by atoms with E-state index < -0.39 is 11.8 Å². The standard InChI is InChI=1S/C16H13BrClN5O2/c1-22-9-11(17)5-14(22)16(25)21-20-15(24)10-7-19-23(8-10)13-4-2-3-12(18)6-13/h2-9H,1H3,(H,20,24)(H,21,25). The summed E-state index contributed by atoms with van der Waals surface area (Å²) in [7, 11) is 1.73. The van der Waals surface area contributed by atoms with Crippen molar-refractivity contribution in [2.45, 2.75) is 0 Å². The van der Waals surface area contributed by atoms with Gasteiger partial charge < -0.3 is 4.57 Å². The Labute approximate surface area is 156 Å². The van der Waals surface area contributed by atoms with Crippen molar-refractivity contribution in [1.82, 2.24) is 25.2 Å². The van der Waals surface area contributed by atoms with Crippen molar-refractivity contribution in [3.63, 3.8) is 0 Å². The van der Waals surface area contributed by atoms with Crippen molar-refractivity contribution in [2.75, 3.05) is 0 Å². The number of nitrogens with zero attached hydrogens (tertiary/aromatic N) is 3. The summed E-state index contributed by atoms with van der Waals surface area (Å²) in [4.78, 5) is 24.2. The molecule has 0 atom stereocenters. The van der Waals surface area contributed by atoms with Crippen LogP contribution in [-0.4, -0.2) is 26.2 Å². The summed E-state index contributed by atoms with van der Waals surface area (Å²) in [5, 5.41) is 4.69. The van der Waals surface area contributed by atoms with Gasteiger partial charge in [-0.1, -0.05) is 17.7 Å². The molecule has 0 saturated carbocycles. The average molecular weight is 423 g/mol. The fraction of sp³-hybridized carbons (Fsp3) is 0.0625. The van der Waals surface area contributed by atoms with Crippen LogP contribution in [-0.2, 0) is 7.05 Å². The van der Waals surface area contributed by atoms with Gasteiger partial charge in [-0.2, -0.15) is 5.10 Å². The topological polar surface area (TPSA) is 81.0 Å². The maximum atomic E-state index is 12.2. The molecular weight excluding hydrogens is 410 g/mol. The molecule has 0 aliphatic carbocycles. The molecule has 3 rings (SSSR count). The number of hydrogen-bond acceptors (Lipinski definition) is 3. The van der Waals surface area contributed by atoms with Crippen LogP contribution < -0.4 is 10.9 Å². The highest BCUT2D eigenvalue weighted by Gasteiger charge is 2.14. The normalized spacial score (nSPS) is 10.5. The third-order valence-electron chi connectivity index (χ3n) is 3.41. The zero-order valence-corrected chi connectivity index (χ0v) is 15.4. The van der Waals surface area contributed by atoms with Crippen LogP contribution in [0.1, 0.15) is 20.8 Å². The number of aromatic nitrogens is 3. The average Bonchev–Trinajstić information content (AvgIpc) is 3.19. The van der Waals surface area contributed by atoms with Gasteiger partial charge >= 0.3 is 0 Å². The minimum Gasteiger partial charge on any atom is -0.345 e. The smallest absolute Gasteiger partial charge is 0.286 e. The number of amides is 2. The van der Waals surface area contributed by atoms with Crippen molar-refractivity contribution >= 4 is 39.3 Å². The van der Waals surface area contributed by atoms with Gasteiger partial charge in [0, 0.05) is 28.9 Å². The first-order chi connectivity index (χ1) is 11.9. The lowest BCUT2D eigenvalue weighted by Gasteiger charge is -2.06. The summed E-state index contributed by atoms with van der Waals surface area (Å²) in [6, 6.07) is 8.73. The zero-order chi connectivity index (χ0) is 18.0. The second kappa shape index (κ2) is 7.12. The summed E-state index contributed by atoms with van der Waals surface area (Å²) >= 11 is 9.24. The second-order valence-electron chi connectivity index (χ2n) is 5.22. The summed E-state index contributed by atoms with van der Waals surface area (Å²) in [5.74, 6) is -0.904. The fourth-order valence-electron chi connectivity index (χ4n) is 2.20. The van der Waals surface area contributed by atoms with Crippen molar-refractivity contribution in [3.05, 3.63) is 69.7 Å². The van der Waals surface area contributed by atoms with E-state index >= 15 is 0 Å². The van der Waals surface area contributed by atoms with E-state index in [0.717, 1.165) is 10.2 Å². The molecule has 2 aromatic heterocycles. The Hall–Kier alpha value is -2.58. The lowest BCUT2D eigenvalue weighted by atomic mass is 10.3. The first kappa shape index (κ1) is 17.2. The molecule has 7 nitrogen and oxygen atoms in total. The number of nitrogens with one attached hydrogen (secondary N) is 2. The Bertz CT molecular complexity index is 950. The highest BCUT2D eigenvalue weighted by molar-refractivity contribution is 9.10. The van der Waals surface area contributed by atoms with Crippen LogP contribution in [0.4, 0.5) is 0 Å². The molecule has 0 saturated heterocycles. The highest BCUT2D eigenvalue weighted by Crippen LogP contribution is 2.15. The molecule has 3 aromatic rings. The van der Waals surface area contributed by atoms with Crippen LogP contribution >= 0.6 is 27.5 Å². The van der Waals surface area contributed by atoms with E-state index in [4.69, 9.17) is 11.6 Å². The number of hydrogen-bond donors (Lipinski definition) is 2. The molecule has 0 radical (unpaired) electrons. The molecule has 1 aromatic carbocycles. The van der Waals surface area contributed by atoms with Gasteiger partial charge in [0.15, 0.2) is 0 Å². The molecule has 128 valence electrons. The van der Waals surface area contributed by atoms with Gasteiger partial charge in [0.1, 0.15) is 5.69 Å². The second-order valence-corrected chi connectivity index (χ2v) is 6.57. The number of halogens is 2. The van der Waals surface area contributed by atoms with Crippen molar-refractivity contribution < 1.29 is 9.59 Å². The van der Waals surface area contributed by atoms with Crippen molar-refractivity contribution in [2.24, 2.45) is 7.05 Å². The first-order valence-electron chi connectivity index (χ1n) is 7.17. The van der Waals surface area contributed by atoms with Gasteiger partial charge in [0.25, 0.3) is 11.8 Å². The monoisotopic (exact) mass is 421 g/mol. The SMILES string of the molecule is Cn1cc(Br)cc1C(=O)NNC(=O)c1cnn(-c2cccc(Cl)c2)c1. The van der Waals surface area contributed by atoms with E-state index in [1.165, 1.54) is 10.9 Å². The molecule has 0 fully saturated rings. The van der Waals surface area contributed by atoms with Gasteiger partial charge in [-0.3, -0.25) is 20.4 Å². The summed E-state index contributed by atoms with van der Waals surface area (Å²) in [6.45, 7) is 0. The quantitative estimate of drug-likeness (QED) is 0.637. The Morgan fingerprint density at radius 2 is 1.92 bits per heavy atom. The highest BCUT2D eigenvalue weighted by atomic mass is 79.9. The lowest BCUT2D eigenvalue weighted by molar-refractivity contribution is 0.0842. The van der Waals surface area contributed by atoms with Crippen LogP contribution in [0.2, 0.25) is 5.02 Å². The number of aryl methyl sites for hydroxylation is 1. The van der Waals surface area contributed by atoms with Crippen LogP contribution in [0.15, 0.2) is 53.4 Å². The first-order valence-corrected chi connectivity index (χ1v) is 8.34. The summed E-state index contributed by atoms with van der Waals surface area (Å²) in [5.41, 5.74) is 6.16. The van der Waals surface area contributed by atoms with Crippen LogP contribution in [0.3, 0.4) is 0 Å². The van der Waals surface area contributed by atoms with E-state index in [1.54, 1.807) is 48.3 Å². The largest absolute Gasteiger partial charge is 0.345 e. The Kier molecular flexibility index (Phi) is 4.91. The van der Waals surface area contributed by atoms with E-state index in [1.807, 2.05) is 6.07 Å². The maximum Gasteiger partial charge on any atom is 0.286 e. The van der Waals surface area contributed by atoms with Crippen LogP contribution in [0, 0.1) is 0 Å². The Morgan fingerprint density at radius 1 is 1.16 bits per heavy atom. The molecule has 2 amide bonds. The fourth-order valence-corrected chi connectivity index (χ4v) is 2.91. The van der Waals surface area contributed by atoms with Crippen molar-refractivity contribution in [1.29, 1.82) is 0 Å². The minimum absolute atomic E-state index is 0.299. The number of rotatable bonds is 3. The molecule has 2 N–H and O–H groups in total. The molecule has 0 aliphatic rings. The third-order valence-corrected chi connectivity index (χ3v) is 4.08. The molecule has 2 heterocycles. The minimum atomic E-state index is -0.477. The van der Waals surface area contributed by atoms with Crippen LogP contribution in [0.25, 0.3) is 5.69 Å². The number of hydrazine groups is 1. The third kappa shape index (κ3) is 3.92. The number of carbonyl (C=O) groups is 2. The van der Waals surface area contributed by atoms with Crippen molar-refractivity contribution in [3.8, 4) is 5.69 Å². The molecule has 0 bridgehead atoms. The van der Waals surface area contributed by atoms with Gasteiger partial charge in [-0.05, 0) is 40.2 Å². The number of carbonyl (C=O) groups excluding carboxylic acids is 2. The Balaban J connectivity index is 1.66. The van der Waals surface area contributed by atoms with E-state index in [0.29, 0.717) is 16.3 Å². The van der Waals surface area contributed by atoms with E-state index in [2.05, 4.69) is 31.9 Å². The maximum absolute atomic E-state index is 12.2. The van der Waals surface area contributed by atoms with Gasteiger partial charge in [0.05, 0.1) is 17.4 Å². The van der Waals surface area contributed by atoms with E-state index in [9.17, 15) is 9.59 Å². The van der Waals surface area contributed by atoms with Gasteiger partial charge in [-0.15, -0.1) is 0 Å². The van der Waals surface area contributed by atoms with Crippen LogP contribution in [0.5, 0.6) is 0 Å². The predicted octanol–water partition coefficient (Wildman–Crippen LogP) is 2.70. The molecule has 0 aliphatic heterocycles. The number of benzene rings is 1. The molecule has 9 heteroatoms. The molecule has 25 heavy (non-hydrogen) atoms. The molecule has 0 unspecified atom stereocenters. The molecular formula is C16H13BrClN5O2. The van der Waals surface area contributed by atoms with Gasteiger partial charge in [-0.25, -0.2) is 4.68 Å². The van der Waals surface area contributed by atoms with E-state index in [-0.39, 0.29) is 0 Å². The Morgan fingerprint density at radius 3 is 2.60 bits per heavy atom. The summed E-state index contributed by atoms with van der Waals surface area (Å²) < 4.78 is 3.94. The summed E-state index contributed by atoms with van der Waals surface area (Å²) in [6.07, 6.45) is 4.69.